The third-order valence-electron chi connectivity index (χ3n) is 4.28. The molecule has 0 saturated carbocycles. The van der Waals surface area contributed by atoms with E-state index in [1.807, 2.05) is 61.7 Å². The van der Waals surface area contributed by atoms with Crippen molar-refractivity contribution in [1.29, 1.82) is 0 Å². The minimum atomic E-state index is -0.622. The fraction of sp³-hybridized carbons (Fsp3) is 0.200. The first kappa shape index (κ1) is 16.0. The fourth-order valence-electron chi connectivity index (χ4n) is 2.94. The van der Waals surface area contributed by atoms with Gasteiger partial charge in [0.2, 0.25) is 5.43 Å². The number of aromatic nitrogens is 1. The molecule has 0 spiro atoms. The number of rotatable bonds is 2. The number of benzene rings is 2. The lowest BCUT2D eigenvalue weighted by atomic mass is 10.0. The van der Waals surface area contributed by atoms with Gasteiger partial charge in [-0.05, 0) is 44.0 Å². The van der Waals surface area contributed by atoms with Crippen LogP contribution in [0.1, 0.15) is 27.0 Å². The van der Waals surface area contributed by atoms with E-state index in [1.54, 1.807) is 6.20 Å². The maximum absolute atomic E-state index is 12.8. The molecule has 0 aliphatic rings. The van der Waals surface area contributed by atoms with Crippen LogP contribution in [0.25, 0.3) is 16.6 Å². The van der Waals surface area contributed by atoms with Crippen molar-refractivity contribution in [2.24, 2.45) is 0 Å². The summed E-state index contributed by atoms with van der Waals surface area (Å²) in [5.41, 5.74) is 4.42. The lowest BCUT2D eigenvalue weighted by Crippen LogP contribution is -2.20. The molecule has 0 aliphatic carbocycles. The van der Waals surface area contributed by atoms with Gasteiger partial charge in [0.05, 0.1) is 18.0 Å². The Morgan fingerprint density at radius 2 is 1.58 bits per heavy atom. The molecule has 122 valence electrons. The average Bonchev–Trinajstić information content (AvgIpc) is 2.58. The summed E-state index contributed by atoms with van der Waals surface area (Å²) < 4.78 is 6.69. The molecule has 0 atom stereocenters. The molecule has 3 rings (SSSR count). The molecule has 1 heterocycles. The summed E-state index contributed by atoms with van der Waals surface area (Å²) >= 11 is 0. The van der Waals surface area contributed by atoms with Crippen LogP contribution in [-0.4, -0.2) is 17.6 Å². The van der Waals surface area contributed by atoms with E-state index in [2.05, 4.69) is 0 Å². The second kappa shape index (κ2) is 5.96. The van der Waals surface area contributed by atoms with Gasteiger partial charge in [-0.15, -0.1) is 0 Å². The molecule has 0 fully saturated rings. The first-order valence-corrected chi connectivity index (χ1v) is 7.75. The lowest BCUT2D eigenvalue weighted by molar-refractivity contribution is 0.0599. The van der Waals surface area contributed by atoms with Gasteiger partial charge in [0.1, 0.15) is 5.56 Å². The Kier molecular flexibility index (Phi) is 3.97. The smallest absolute Gasteiger partial charge is 0.343 e. The predicted molar refractivity (Wildman–Crippen MR) is 95.1 cm³/mol. The highest BCUT2D eigenvalue weighted by Crippen LogP contribution is 2.24. The molecule has 0 bridgehead atoms. The molecule has 0 N–H and O–H groups in total. The number of esters is 1. The molecular formula is C20H19NO3. The molecule has 4 heteroatoms. The zero-order valence-electron chi connectivity index (χ0n) is 14.2. The fourth-order valence-corrected chi connectivity index (χ4v) is 2.94. The van der Waals surface area contributed by atoms with Gasteiger partial charge in [-0.2, -0.15) is 0 Å². The second-order valence-electron chi connectivity index (χ2n) is 5.99. The lowest BCUT2D eigenvalue weighted by Gasteiger charge is -2.16. The van der Waals surface area contributed by atoms with Crippen molar-refractivity contribution in [2.45, 2.75) is 20.8 Å². The van der Waals surface area contributed by atoms with Gasteiger partial charge < -0.3 is 9.30 Å². The average molecular weight is 321 g/mol. The van der Waals surface area contributed by atoms with Crippen molar-refractivity contribution in [1.82, 2.24) is 4.57 Å². The van der Waals surface area contributed by atoms with Crippen molar-refractivity contribution in [2.75, 3.05) is 7.11 Å². The standard InChI is InChI=1S/C20H19NO3/c1-12-5-9-15(10-6-12)21-11-16(20(23)24-4)19(22)17-13(2)7-8-14(3)18(17)21/h5-11H,1-4H3. The highest BCUT2D eigenvalue weighted by molar-refractivity contribution is 5.96. The van der Waals surface area contributed by atoms with Gasteiger partial charge in [-0.25, -0.2) is 4.79 Å². The van der Waals surface area contributed by atoms with E-state index in [0.29, 0.717) is 5.39 Å². The number of methoxy groups -OCH3 is 1. The summed E-state index contributed by atoms with van der Waals surface area (Å²) in [6.07, 6.45) is 1.58. The molecule has 3 aromatic rings. The van der Waals surface area contributed by atoms with Crippen LogP contribution in [0, 0.1) is 20.8 Å². The molecule has 0 aliphatic heterocycles. The Labute approximate surface area is 140 Å². The second-order valence-corrected chi connectivity index (χ2v) is 5.99. The maximum atomic E-state index is 12.8. The number of pyridine rings is 1. The topological polar surface area (TPSA) is 48.3 Å². The molecule has 0 saturated heterocycles. The zero-order chi connectivity index (χ0) is 17.4. The van der Waals surface area contributed by atoms with Crippen LogP contribution in [-0.2, 0) is 4.74 Å². The van der Waals surface area contributed by atoms with Gasteiger partial charge in [-0.3, -0.25) is 4.79 Å². The number of ether oxygens (including phenoxy) is 1. The first-order valence-electron chi connectivity index (χ1n) is 7.75. The number of fused-ring (bicyclic) bond motifs is 1. The molecule has 24 heavy (non-hydrogen) atoms. The van der Waals surface area contributed by atoms with Crippen LogP contribution in [0.4, 0.5) is 0 Å². The van der Waals surface area contributed by atoms with Crippen LogP contribution < -0.4 is 5.43 Å². The molecule has 0 amide bonds. The maximum Gasteiger partial charge on any atom is 0.343 e. The summed E-state index contributed by atoms with van der Waals surface area (Å²) in [6.45, 7) is 5.86. The van der Waals surface area contributed by atoms with Crippen molar-refractivity contribution < 1.29 is 9.53 Å². The third-order valence-corrected chi connectivity index (χ3v) is 4.28. The highest BCUT2D eigenvalue weighted by Gasteiger charge is 2.19. The molecule has 0 unspecified atom stereocenters. The van der Waals surface area contributed by atoms with Crippen LogP contribution in [0.5, 0.6) is 0 Å². The van der Waals surface area contributed by atoms with Crippen LogP contribution in [0.15, 0.2) is 47.4 Å². The number of carbonyl (C=O) groups excluding carboxylic acids is 1. The Hall–Kier alpha value is -2.88. The van der Waals surface area contributed by atoms with E-state index in [9.17, 15) is 9.59 Å². The largest absolute Gasteiger partial charge is 0.465 e. The van der Waals surface area contributed by atoms with E-state index in [-0.39, 0.29) is 11.0 Å². The summed E-state index contributed by atoms with van der Waals surface area (Å²) in [5.74, 6) is -0.622. The van der Waals surface area contributed by atoms with E-state index in [4.69, 9.17) is 4.74 Å². The highest BCUT2D eigenvalue weighted by atomic mass is 16.5. The van der Waals surface area contributed by atoms with Gasteiger partial charge in [0.15, 0.2) is 0 Å². The normalized spacial score (nSPS) is 10.8. The number of nitrogens with zero attached hydrogens (tertiary/aromatic N) is 1. The summed E-state index contributed by atoms with van der Waals surface area (Å²) in [4.78, 5) is 24.9. The molecular weight excluding hydrogens is 302 g/mol. The Bertz CT molecular complexity index is 998. The first-order chi connectivity index (χ1) is 11.4. The number of hydrogen-bond donors (Lipinski definition) is 0. The van der Waals surface area contributed by atoms with Crippen molar-refractivity contribution >= 4 is 16.9 Å². The number of aryl methyl sites for hydroxylation is 3. The molecule has 0 radical (unpaired) electrons. The van der Waals surface area contributed by atoms with Crippen LogP contribution in [0.2, 0.25) is 0 Å². The quantitative estimate of drug-likeness (QED) is 0.676. The minimum absolute atomic E-state index is 0.0410. The molecule has 1 aromatic heterocycles. The summed E-state index contributed by atoms with van der Waals surface area (Å²) in [5, 5.41) is 0.554. The summed E-state index contributed by atoms with van der Waals surface area (Å²) in [7, 11) is 1.28. The van der Waals surface area contributed by atoms with Crippen molar-refractivity contribution in [3.05, 3.63) is 75.1 Å². The Balaban J connectivity index is 2.49. The van der Waals surface area contributed by atoms with E-state index < -0.39 is 5.97 Å². The zero-order valence-corrected chi connectivity index (χ0v) is 14.2. The number of carbonyl (C=O) groups is 1. The van der Waals surface area contributed by atoms with Gasteiger partial charge in [0, 0.05) is 11.9 Å². The van der Waals surface area contributed by atoms with Gasteiger partial charge in [-0.1, -0.05) is 29.8 Å². The van der Waals surface area contributed by atoms with Crippen molar-refractivity contribution in [3.8, 4) is 5.69 Å². The van der Waals surface area contributed by atoms with E-state index >= 15 is 0 Å². The summed E-state index contributed by atoms with van der Waals surface area (Å²) in [6, 6.07) is 11.8. The van der Waals surface area contributed by atoms with Crippen LogP contribution in [0.3, 0.4) is 0 Å². The van der Waals surface area contributed by atoms with Crippen LogP contribution >= 0.6 is 0 Å². The third kappa shape index (κ3) is 2.50. The minimum Gasteiger partial charge on any atom is -0.465 e. The monoisotopic (exact) mass is 321 g/mol. The molecule has 2 aromatic carbocycles. The number of hydrogen-bond acceptors (Lipinski definition) is 3. The van der Waals surface area contributed by atoms with E-state index in [0.717, 1.165) is 27.9 Å². The Morgan fingerprint density at radius 1 is 0.958 bits per heavy atom. The molecule has 4 nitrogen and oxygen atoms in total. The van der Waals surface area contributed by atoms with Gasteiger partial charge >= 0.3 is 5.97 Å². The van der Waals surface area contributed by atoms with Crippen molar-refractivity contribution in [3.63, 3.8) is 0 Å². The SMILES string of the molecule is COC(=O)c1cn(-c2ccc(C)cc2)c2c(C)ccc(C)c2c1=O. The van der Waals surface area contributed by atoms with Gasteiger partial charge in [0.25, 0.3) is 0 Å². The van der Waals surface area contributed by atoms with E-state index in [1.165, 1.54) is 7.11 Å². The predicted octanol–water partition coefficient (Wildman–Crippen LogP) is 3.70. The Morgan fingerprint density at radius 3 is 2.21 bits per heavy atom.